The Bertz CT molecular complexity index is 738. The molecule has 3 aromatic rings. The topological polar surface area (TPSA) is 66.5 Å². The quantitative estimate of drug-likeness (QED) is 0.716. The molecule has 0 amide bonds. The van der Waals surface area contributed by atoms with Crippen LogP contribution in [-0.4, -0.2) is 27.2 Å². The predicted molar refractivity (Wildman–Crippen MR) is 98.8 cm³/mol. The molecule has 0 fully saturated rings. The van der Waals surface area contributed by atoms with Gasteiger partial charge in [-0.25, -0.2) is 0 Å². The summed E-state index contributed by atoms with van der Waals surface area (Å²) in [5.74, 6) is 1.28. The monoisotopic (exact) mass is 343 g/mol. The van der Waals surface area contributed by atoms with Crippen molar-refractivity contribution in [2.45, 2.75) is 20.4 Å². The lowest BCUT2D eigenvalue weighted by molar-refractivity contribution is 0.552. The molecule has 1 heterocycles. The van der Waals surface area contributed by atoms with Gasteiger partial charge in [0.2, 0.25) is 5.82 Å². The van der Waals surface area contributed by atoms with Crippen LogP contribution in [-0.2, 0) is 6.54 Å². The molecule has 2 N–H and O–H groups in total. The van der Waals surface area contributed by atoms with Gasteiger partial charge in [-0.05, 0) is 34.4 Å². The Morgan fingerprint density at radius 3 is 2.33 bits per heavy atom. The third kappa shape index (κ3) is 4.40. The van der Waals surface area contributed by atoms with Gasteiger partial charge in [0.1, 0.15) is 0 Å². The third-order valence-corrected chi connectivity index (χ3v) is 3.66. The van der Waals surface area contributed by atoms with Crippen LogP contribution in [0.2, 0.25) is 0 Å². The second-order valence-electron chi connectivity index (χ2n) is 6.00. The van der Waals surface area contributed by atoms with Crippen molar-refractivity contribution >= 4 is 12.4 Å². The van der Waals surface area contributed by atoms with Crippen molar-refractivity contribution in [1.29, 1.82) is 0 Å². The number of aromatic nitrogens is 4. The average Bonchev–Trinajstić information content (AvgIpc) is 3.10. The van der Waals surface area contributed by atoms with Crippen molar-refractivity contribution in [2.24, 2.45) is 5.92 Å². The molecule has 24 heavy (non-hydrogen) atoms. The normalized spacial score (nSPS) is 10.6. The number of nitrogens with zero attached hydrogens (tertiary/aromatic N) is 3. The standard InChI is InChI=1S/C18H21N5.ClH/c1-13(2)11-19-12-14-7-9-15(10-8-14)16-5-3-4-6-17(16)18-20-22-23-21-18;/h3-10,13,19H,11-12H2,1-2H3,(H,20,21,22,23);1H. The molecule has 0 saturated carbocycles. The summed E-state index contributed by atoms with van der Waals surface area (Å²) < 4.78 is 0. The van der Waals surface area contributed by atoms with Gasteiger partial charge >= 0.3 is 0 Å². The summed E-state index contributed by atoms with van der Waals surface area (Å²) in [5, 5.41) is 17.8. The lowest BCUT2D eigenvalue weighted by atomic mass is 9.98. The van der Waals surface area contributed by atoms with E-state index in [0.717, 1.165) is 29.8 Å². The number of aromatic amines is 1. The number of H-pyrrole nitrogens is 1. The Morgan fingerprint density at radius 2 is 1.71 bits per heavy atom. The van der Waals surface area contributed by atoms with Crippen LogP contribution in [0.4, 0.5) is 0 Å². The van der Waals surface area contributed by atoms with E-state index in [0.29, 0.717) is 11.7 Å². The maximum atomic E-state index is 4.09. The lowest BCUT2D eigenvalue weighted by Crippen LogP contribution is -2.18. The molecule has 0 spiro atoms. The number of benzene rings is 2. The van der Waals surface area contributed by atoms with Crippen molar-refractivity contribution < 1.29 is 0 Å². The molecule has 0 radical (unpaired) electrons. The largest absolute Gasteiger partial charge is 0.312 e. The third-order valence-electron chi connectivity index (χ3n) is 3.66. The molecule has 5 nitrogen and oxygen atoms in total. The molecule has 0 aliphatic heterocycles. The zero-order valence-corrected chi connectivity index (χ0v) is 14.7. The minimum atomic E-state index is 0. The molecule has 0 bridgehead atoms. The van der Waals surface area contributed by atoms with Gasteiger partial charge in [0.25, 0.3) is 0 Å². The van der Waals surface area contributed by atoms with Gasteiger partial charge in [-0.15, -0.1) is 22.6 Å². The van der Waals surface area contributed by atoms with E-state index in [4.69, 9.17) is 0 Å². The Morgan fingerprint density at radius 1 is 1.00 bits per heavy atom. The van der Waals surface area contributed by atoms with Crippen molar-refractivity contribution in [3.63, 3.8) is 0 Å². The van der Waals surface area contributed by atoms with Crippen LogP contribution in [0.3, 0.4) is 0 Å². The molecule has 0 unspecified atom stereocenters. The number of tetrazole rings is 1. The minimum absolute atomic E-state index is 0. The Hall–Kier alpha value is -2.24. The van der Waals surface area contributed by atoms with Gasteiger partial charge in [0.15, 0.2) is 0 Å². The summed E-state index contributed by atoms with van der Waals surface area (Å²) in [6.45, 7) is 6.35. The summed E-state index contributed by atoms with van der Waals surface area (Å²) in [4.78, 5) is 0. The predicted octanol–water partition coefficient (Wildman–Crippen LogP) is 3.70. The van der Waals surface area contributed by atoms with E-state index in [-0.39, 0.29) is 12.4 Å². The molecule has 0 atom stereocenters. The molecule has 0 saturated heterocycles. The molecular weight excluding hydrogens is 322 g/mol. The fourth-order valence-electron chi connectivity index (χ4n) is 2.51. The number of rotatable bonds is 6. The molecule has 2 aromatic carbocycles. The van der Waals surface area contributed by atoms with Gasteiger partial charge in [-0.1, -0.05) is 62.4 Å². The number of hydrogen-bond donors (Lipinski definition) is 2. The van der Waals surface area contributed by atoms with E-state index in [1.54, 1.807) is 0 Å². The zero-order chi connectivity index (χ0) is 16.1. The number of halogens is 1. The molecule has 0 aliphatic rings. The van der Waals surface area contributed by atoms with E-state index in [2.05, 4.69) is 70.1 Å². The van der Waals surface area contributed by atoms with Crippen molar-refractivity contribution in [3.05, 3.63) is 54.1 Å². The first-order chi connectivity index (χ1) is 11.2. The molecule has 3 rings (SSSR count). The van der Waals surface area contributed by atoms with E-state index in [1.165, 1.54) is 5.56 Å². The van der Waals surface area contributed by atoms with Crippen LogP contribution in [0.5, 0.6) is 0 Å². The van der Waals surface area contributed by atoms with Gasteiger partial charge < -0.3 is 5.32 Å². The van der Waals surface area contributed by atoms with E-state index in [1.807, 2.05) is 18.2 Å². The zero-order valence-electron chi connectivity index (χ0n) is 13.9. The summed E-state index contributed by atoms with van der Waals surface area (Å²) >= 11 is 0. The van der Waals surface area contributed by atoms with Gasteiger partial charge in [0.05, 0.1) is 0 Å². The van der Waals surface area contributed by atoms with Crippen LogP contribution in [0.1, 0.15) is 19.4 Å². The summed E-state index contributed by atoms with van der Waals surface area (Å²) in [6, 6.07) is 16.7. The maximum absolute atomic E-state index is 4.09. The summed E-state index contributed by atoms with van der Waals surface area (Å²) in [6.07, 6.45) is 0. The second-order valence-corrected chi connectivity index (χ2v) is 6.00. The van der Waals surface area contributed by atoms with E-state index < -0.39 is 0 Å². The first-order valence-corrected chi connectivity index (χ1v) is 7.87. The molecule has 0 aliphatic carbocycles. The van der Waals surface area contributed by atoms with Crippen LogP contribution >= 0.6 is 12.4 Å². The van der Waals surface area contributed by atoms with Gasteiger partial charge in [-0.2, -0.15) is 5.21 Å². The Balaban J connectivity index is 0.00000208. The highest BCUT2D eigenvalue weighted by Gasteiger charge is 2.10. The SMILES string of the molecule is CC(C)CNCc1ccc(-c2ccccc2-c2nn[nH]n2)cc1.Cl. The highest BCUT2D eigenvalue weighted by atomic mass is 35.5. The second kappa shape index (κ2) is 8.57. The van der Waals surface area contributed by atoms with Crippen molar-refractivity contribution in [2.75, 3.05) is 6.54 Å². The molecule has 1 aromatic heterocycles. The highest BCUT2D eigenvalue weighted by Crippen LogP contribution is 2.29. The molecular formula is C18H22ClN5. The average molecular weight is 344 g/mol. The maximum Gasteiger partial charge on any atom is 0.205 e. The lowest BCUT2D eigenvalue weighted by Gasteiger charge is -2.10. The molecule has 126 valence electrons. The Labute approximate surface area is 148 Å². The number of nitrogens with one attached hydrogen (secondary N) is 2. The smallest absolute Gasteiger partial charge is 0.205 e. The summed E-state index contributed by atoms with van der Waals surface area (Å²) in [5.41, 5.74) is 4.52. The highest BCUT2D eigenvalue weighted by molar-refractivity contribution is 5.85. The Kier molecular flexibility index (Phi) is 6.46. The van der Waals surface area contributed by atoms with Gasteiger partial charge in [0, 0.05) is 12.1 Å². The first-order valence-electron chi connectivity index (χ1n) is 7.87. The van der Waals surface area contributed by atoms with E-state index >= 15 is 0 Å². The van der Waals surface area contributed by atoms with Crippen LogP contribution in [0.25, 0.3) is 22.5 Å². The van der Waals surface area contributed by atoms with Crippen LogP contribution < -0.4 is 5.32 Å². The van der Waals surface area contributed by atoms with Crippen molar-refractivity contribution in [3.8, 4) is 22.5 Å². The van der Waals surface area contributed by atoms with Gasteiger partial charge in [-0.3, -0.25) is 0 Å². The fraction of sp³-hybridized carbons (Fsp3) is 0.278. The van der Waals surface area contributed by atoms with Crippen LogP contribution in [0.15, 0.2) is 48.5 Å². The van der Waals surface area contributed by atoms with E-state index in [9.17, 15) is 0 Å². The van der Waals surface area contributed by atoms with Crippen molar-refractivity contribution in [1.82, 2.24) is 25.9 Å². The minimum Gasteiger partial charge on any atom is -0.312 e. The molecule has 6 heteroatoms. The first kappa shape index (κ1) is 18.1. The fourth-order valence-corrected chi connectivity index (χ4v) is 2.51. The summed E-state index contributed by atoms with van der Waals surface area (Å²) in [7, 11) is 0. The van der Waals surface area contributed by atoms with Crippen LogP contribution in [0, 0.1) is 5.92 Å². The number of hydrogen-bond acceptors (Lipinski definition) is 4.